The Balaban J connectivity index is 1.66. The van der Waals surface area contributed by atoms with Crippen LogP contribution in [0, 0.1) is 5.82 Å². The molecule has 2 aromatic carbocycles. The van der Waals surface area contributed by atoms with Crippen molar-refractivity contribution in [1.29, 1.82) is 0 Å². The van der Waals surface area contributed by atoms with E-state index in [0.717, 1.165) is 31.3 Å². The average molecular weight is 585 g/mol. The number of halogens is 2. The SMILES string of the molecule is C=CC(=O)Nc1cc(Nc2ncnc(Nc3cc(Cl)c(F)cc3C(C)(C)O)n2)c(OC)cc1N1CC[C@@H](N(C)C)C1. The van der Waals surface area contributed by atoms with Gasteiger partial charge in [0.25, 0.3) is 0 Å². The van der Waals surface area contributed by atoms with E-state index in [1.165, 1.54) is 32.3 Å². The third kappa shape index (κ3) is 7.02. The predicted octanol–water partition coefficient (Wildman–Crippen LogP) is 4.65. The molecule has 0 aliphatic carbocycles. The molecule has 0 saturated carbocycles. The second kappa shape index (κ2) is 12.2. The topological polar surface area (TPSA) is 128 Å². The van der Waals surface area contributed by atoms with Gasteiger partial charge in [0.2, 0.25) is 17.8 Å². The summed E-state index contributed by atoms with van der Waals surface area (Å²) >= 11 is 6.00. The van der Waals surface area contributed by atoms with Crippen LogP contribution in [-0.4, -0.2) is 71.2 Å². The second-order valence-electron chi connectivity index (χ2n) is 10.4. The summed E-state index contributed by atoms with van der Waals surface area (Å²) in [6, 6.07) is 6.51. The monoisotopic (exact) mass is 584 g/mol. The Hall–Kier alpha value is -4.00. The molecule has 0 bridgehead atoms. The number of aliphatic hydroxyl groups is 1. The number of nitrogens with zero attached hydrogens (tertiary/aromatic N) is 5. The summed E-state index contributed by atoms with van der Waals surface area (Å²) in [4.78, 5) is 29.5. The Bertz CT molecular complexity index is 1450. The third-order valence-electron chi connectivity index (χ3n) is 6.78. The molecule has 1 saturated heterocycles. The standard InChI is InChI=1S/C28H34ClFN8O3/c1-7-25(39)33-21-12-22(24(41-6)13-23(21)38-9-8-16(14-38)37(4)5)35-27-32-15-31-26(36-27)34-20-11-18(29)19(30)10-17(20)28(2,3)40/h7,10-13,15-16,40H,1,8-9,14H2,2-6H3,(H,33,39)(H2,31,32,34,35,36)/t16-/m1/s1. The molecule has 2 heterocycles. The number of hydrogen-bond donors (Lipinski definition) is 4. The smallest absolute Gasteiger partial charge is 0.247 e. The molecule has 1 aliphatic rings. The maximum Gasteiger partial charge on any atom is 0.247 e. The van der Waals surface area contributed by atoms with Gasteiger partial charge in [-0.3, -0.25) is 4.79 Å². The lowest BCUT2D eigenvalue weighted by atomic mass is 9.96. The molecule has 1 aromatic heterocycles. The predicted molar refractivity (Wildman–Crippen MR) is 159 cm³/mol. The second-order valence-corrected chi connectivity index (χ2v) is 10.8. The van der Waals surface area contributed by atoms with Gasteiger partial charge in [-0.25, -0.2) is 14.4 Å². The van der Waals surface area contributed by atoms with Crippen molar-refractivity contribution in [2.24, 2.45) is 0 Å². The molecule has 1 fully saturated rings. The maximum absolute atomic E-state index is 14.2. The number of ether oxygens (including phenoxy) is 1. The van der Waals surface area contributed by atoms with E-state index in [9.17, 15) is 14.3 Å². The summed E-state index contributed by atoms with van der Waals surface area (Å²) in [5.41, 5.74) is 1.12. The number of anilines is 6. The van der Waals surface area contributed by atoms with Gasteiger partial charge in [-0.2, -0.15) is 4.98 Å². The van der Waals surface area contributed by atoms with Gasteiger partial charge in [0.1, 0.15) is 17.9 Å². The van der Waals surface area contributed by atoms with Crippen molar-refractivity contribution < 1.29 is 19.0 Å². The first-order valence-electron chi connectivity index (χ1n) is 12.9. The van der Waals surface area contributed by atoms with Gasteiger partial charge >= 0.3 is 0 Å². The number of nitrogens with one attached hydrogen (secondary N) is 3. The Kier molecular flexibility index (Phi) is 8.95. The first kappa shape index (κ1) is 30.0. The number of carbonyl (C=O) groups is 1. The van der Waals surface area contributed by atoms with Gasteiger partial charge in [-0.05, 0) is 58.6 Å². The summed E-state index contributed by atoms with van der Waals surface area (Å²) in [5.74, 6) is -0.208. The summed E-state index contributed by atoms with van der Waals surface area (Å²) < 4.78 is 19.8. The van der Waals surface area contributed by atoms with Gasteiger partial charge in [-0.1, -0.05) is 18.2 Å². The fourth-order valence-corrected chi connectivity index (χ4v) is 4.74. The Morgan fingerprint density at radius 1 is 1.20 bits per heavy atom. The average Bonchev–Trinajstić information content (AvgIpc) is 3.41. The lowest BCUT2D eigenvalue weighted by Gasteiger charge is -2.25. The minimum absolute atomic E-state index is 0.123. The summed E-state index contributed by atoms with van der Waals surface area (Å²) in [5, 5.41) is 19.4. The van der Waals surface area contributed by atoms with Gasteiger partial charge in [-0.15, -0.1) is 0 Å². The third-order valence-corrected chi connectivity index (χ3v) is 7.07. The van der Waals surface area contributed by atoms with Crippen LogP contribution in [-0.2, 0) is 10.4 Å². The Morgan fingerprint density at radius 2 is 1.88 bits per heavy atom. The van der Waals surface area contributed by atoms with Crippen molar-refractivity contribution in [2.45, 2.75) is 31.9 Å². The molecule has 41 heavy (non-hydrogen) atoms. The highest BCUT2D eigenvalue weighted by atomic mass is 35.5. The van der Waals surface area contributed by atoms with Crippen molar-refractivity contribution in [3.63, 3.8) is 0 Å². The van der Waals surface area contributed by atoms with Crippen molar-refractivity contribution in [3.8, 4) is 5.75 Å². The van der Waals surface area contributed by atoms with Crippen LogP contribution < -0.4 is 25.6 Å². The van der Waals surface area contributed by atoms with Crippen molar-refractivity contribution in [3.05, 3.63) is 59.7 Å². The summed E-state index contributed by atoms with van der Waals surface area (Å²) in [7, 11) is 5.65. The van der Waals surface area contributed by atoms with E-state index in [-0.39, 0.29) is 28.4 Å². The number of methoxy groups -OCH3 is 1. The van der Waals surface area contributed by atoms with Gasteiger partial charge in [0.15, 0.2) is 0 Å². The van der Waals surface area contributed by atoms with Crippen LogP contribution in [0.2, 0.25) is 5.02 Å². The van der Waals surface area contributed by atoms with Crippen molar-refractivity contribution >= 4 is 52.2 Å². The van der Waals surface area contributed by atoms with Crippen LogP contribution in [0.15, 0.2) is 43.2 Å². The van der Waals surface area contributed by atoms with Crippen LogP contribution in [0.25, 0.3) is 0 Å². The minimum Gasteiger partial charge on any atom is -0.494 e. The van der Waals surface area contributed by atoms with Crippen molar-refractivity contribution in [1.82, 2.24) is 19.9 Å². The van der Waals surface area contributed by atoms with E-state index in [0.29, 0.717) is 28.9 Å². The highest BCUT2D eigenvalue weighted by molar-refractivity contribution is 6.31. The number of hydrogen-bond acceptors (Lipinski definition) is 10. The van der Waals surface area contributed by atoms with Crippen molar-refractivity contribution in [2.75, 3.05) is 55.1 Å². The lowest BCUT2D eigenvalue weighted by molar-refractivity contribution is -0.111. The Labute approximate surface area is 243 Å². The number of carbonyl (C=O) groups excluding carboxylic acids is 1. The highest BCUT2D eigenvalue weighted by Crippen LogP contribution is 2.40. The molecule has 218 valence electrons. The fraction of sp³-hybridized carbons (Fsp3) is 0.357. The molecule has 13 heteroatoms. The van der Waals surface area contributed by atoms with E-state index >= 15 is 0 Å². The number of benzene rings is 2. The van der Waals surface area contributed by atoms with E-state index in [1.807, 2.05) is 6.07 Å². The quantitative estimate of drug-likeness (QED) is 0.250. The number of aromatic nitrogens is 3. The molecule has 4 rings (SSSR count). The van der Waals surface area contributed by atoms with E-state index in [2.05, 4.69) is 61.4 Å². The zero-order valence-corrected chi connectivity index (χ0v) is 24.4. The zero-order chi connectivity index (χ0) is 29.9. The van der Waals surface area contributed by atoms with Crippen LogP contribution >= 0.6 is 11.6 Å². The molecule has 0 spiro atoms. The first-order valence-corrected chi connectivity index (χ1v) is 13.3. The molecule has 1 atom stereocenters. The first-order chi connectivity index (χ1) is 19.4. The Morgan fingerprint density at radius 3 is 2.46 bits per heavy atom. The number of likely N-dealkylation sites (N-methyl/N-ethyl adjacent to an activating group) is 1. The molecule has 0 radical (unpaired) electrons. The molecular formula is C28H34ClFN8O3. The molecule has 11 nitrogen and oxygen atoms in total. The van der Waals surface area contributed by atoms with Gasteiger partial charge in [0, 0.05) is 36.4 Å². The lowest BCUT2D eigenvalue weighted by Crippen LogP contribution is -2.31. The highest BCUT2D eigenvalue weighted by Gasteiger charge is 2.27. The zero-order valence-electron chi connectivity index (χ0n) is 23.6. The number of amides is 1. The summed E-state index contributed by atoms with van der Waals surface area (Å²) in [6.45, 7) is 8.24. The van der Waals surface area contributed by atoms with Crippen LogP contribution in [0.5, 0.6) is 5.75 Å². The minimum atomic E-state index is -1.37. The van der Waals surface area contributed by atoms with E-state index in [4.69, 9.17) is 16.3 Å². The van der Waals surface area contributed by atoms with E-state index in [1.54, 1.807) is 13.2 Å². The van der Waals surface area contributed by atoms with Gasteiger partial charge < -0.3 is 35.6 Å². The normalized spacial score (nSPS) is 15.1. The maximum atomic E-state index is 14.2. The van der Waals surface area contributed by atoms with E-state index < -0.39 is 11.4 Å². The summed E-state index contributed by atoms with van der Waals surface area (Å²) in [6.07, 6.45) is 3.49. The van der Waals surface area contributed by atoms with Crippen LogP contribution in [0.3, 0.4) is 0 Å². The molecule has 1 aliphatic heterocycles. The largest absolute Gasteiger partial charge is 0.494 e. The fourth-order valence-electron chi connectivity index (χ4n) is 4.58. The molecule has 3 aromatic rings. The molecule has 4 N–H and O–H groups in total. The van der Waals surface area contributed by atoms with Crippen LogP contribution in [0.1, 0.15) is 25.8 Å². The molecular weight excluding hydrogens is 551 g/mol. The van der Waals surface area contributed by atoms with Crippen LogP contribution in [0.4, 0.5) is 39.0 Å². The van der Waals surface area contributed by atoms with Gasteiger partial charge in [0.05, 0.1) is 34.8 Å². The molecule has 1 amide bonds. The molecule has 0 unspecified atom stereocenters. The number of rotatable bonds is 10.